The number of carbonyl (C=O) groups is 2. The highest BCUT2D eigenvalue weighted by atomic mass is 16.4. The molecule has 0 bridgehead atoms. The van der Waals surface area contributed by atoms with Crippen LogP contribution in [0.15, 0.2) is 5.18 Å². The van der Waals surface area contributed by atoms with Crippen molar-refractivity contribution >= 4 is 11.9 Å². The van der Waals surface area contributed by atoms with E-state index in [1.165, 1.54) is 0 Å². The van der Waals surface area contributed by atoms with E-state index >= 15 is 0 Å². The summed E-state index contributed by atoms with van der Waals surface area (Å²) in [6.07, 6.45) is 13.0. The minimum Gasteiger partial charge on any atom is -0.481 e. The molecule has 0 saturated heterocycles. The second-order valence-corrected chi connectivity index (χ2v) is 8.82. The molecule has 0 aromatic carbocycles. The molecule has 0 radical (unpaired) electrons. The second kappa shape index (κ2) is 10.3. The van der Waals surface area contributed by atoms with Crippen LogP contribution >= 0.6 is 0 Å². The van der Waals surface area contributed by atoms with Crippen LogP contribution in [-0.4, -0.2) is 28.2 Å². The summed E-state index contributed by atoms with van der Waals surface area (Å²) in [5, 5.41) is 22.3. The Morgan fingerprint density at radius 2 is 1.26 bits per heavy atom. The van der Waals surface area contributed by atoms with Crippen LogP contribution in [0.25, 0.3) is 0 Å². The number of carboxylic acids is 1. The van der Waals surface area contributed by atoms with Crippen molar-refractivity contribution in [3.05, 3.63) is 4.91 Å². The number of aliphatic carboxylic acids is 1. The van der Waals surface area contributed by atoms with Gasteiger partial charge in [0.1, 0.15) is 0 Å². The van der Waals surface area contributed by atoms with Crippen molar-refractivity contribution in [1.82, 2.24) is 0 Å². The van der Waals surface area contributed by atoms with E-state index in [4.69, 9.17) is 0 Å². The van der Waals surface area contributed by atoms with Crippen molar-refractivity contribution in [3.63, 3.8) is 0 Å². The SMILES string of the molecule is O=NC(=O)C1(CCCCC(O)CCCCC2(C(=O)O)CCCC2)CCCC1. The summed E-state index contributed by atoms with van der Waals surface area (Å²) in [5.74, 6) is -1.14. The van der Waals surface area contributed by atoms with E-state index in [1.807, 2.05) is 0 Å². The third kappa shape index (κ3) is 5.84. The van der Waals surface area contributed by atoms with Gasteiger partial charge < -0.3 is 10.2 Å². The number of carbonyl (C=O) groups excluding carboxylic acids is 1. The number of hydrogen-bond donors (Lipinski definition) is 2. The molecule has 0 heterocycles. The zero-order valence-electron chi connectivity index (χ0n) is 16.5. The van der Waals surface area contributed by atoms with Gasteiger partial charge in [0.15, 0.2) is 0 Å². The fraction of sp³-hybridized carbons (Fsp3) is 0.905. The van der Waals surface area contributed by atoms with E-state index in [1.54, 1.807) is 0 Å². The lowest BCUT2D eigenvalue weighted by Crippen LogP contribution is -2.27. The fourth-order valence-corrected chi connectivity index (χ4v) is 5.17. The summed E-state index contributed by atoms with van der Waals surface area (Å²) in [5.41, 5.74) is -1.04. The summed E-state index contributed by atoms with van der Waals surface area (Å²) in [6.45, 7) is 0. The molecule has 154 valence electrons. The molecule has 2 fully saturated rings. The van der Waals surface area contributed by atoms with Crippen molar-refractivity contribution in [2.75, 3.05) is 0 Å². The first-order valence-corrected chi connectivity index (χ1v) is 10.7. The Kier molecular flexibility index (Phi) is 8.39. The predicted molar refractivity (Wildman–Crippen MR) is 103 cm³/mol. The molecule has 1 atom stereocenters. The van der Waals surface area contributed by atoms with Gasteiger partial charge in [-0.15, -0.1) is 4.91 Å². The van der Waals surface area contributed by atoms with Crippen molar-refractivity contribution < 1.29 is 19.8 Å². The maximum Gasteiger partial charge on any atom is 0.309 e. The number of nitroso groups, excluding NO2 is 1. The number of hydrogen-bond acceptors (Lipinski definition) is 4. The first kappa shape index (κ1) is 22.0. The Morgan fingerprint density at radius 3 is 1.70 bits per heavy atom. The molecular formula is C21H35NO5. The van der Waals surface area contributed by atoms with Gasteiger partial charge in [-0.25, -0.2) is 0 Å². The van der Waals surface area contributed by atoms with Gasteiger partial charge in [-0.3, -0.25) is 9.59 Å². The Hall–Kier alpha value is -1.30. The van der Waals surface area contributed by atoms with Gasteiger partial charge in [0.05, 0.1) is 16.9 Å². The van der Waals surface area contributed by atoms with E-state index < -0.39 is 22.7 Å². The van der Waals surface area contributed by atoms with Crippen molar-refractivity contribution in [2.24, 2.45) is 16.0 Å². The number of aliphatic hydroxyl groups is 1. The molecular weight excluding hydrogens is 346 g/mol. The van der Waals surface area contributed by atoms with Gasteiger partial charge in [-0.05, 0) is 51.4 Å². The molecule has 6 heteroatoms. The van der Waals surface area contributed by atoms with Crippen LogP contribution in [0.1, 0.15) is 103 Å². The largest absolute Gasteiger partial charge is 0.481 e. The highest BCUT2D eigenvalue weighted by Crippen LogP contribution is 2.44. The standard InChI is InChI=1S/C21H35NO5/c23-17(10-2-4-14-21(19(25)26)15-7-8-16-21)9-1-3-11-20(18(24)22-27)12-5-6-13-20/h17,23H,1-16H2,(H,25,26). The molecule has 0 aromatic heterocycles. The number of unbranched alkanes of at least 4 members (excludes halogenated alkanes) is 2. The first-order chi connectivity index (χ1) is 12.9. The maximum absolute atomic E-state index is 11.9. The zero-order valence-corrected chi connectivity index (χ0v) is 16.5. The predicted octanol–water partition coefficient (Wildman–Crippen LogP) is 4.97. The highest BCUT2D eigenvalue weighted by Gasteiger charge is 2.41. The van der Waals surface area contributed by atoms with Crippen LogP contribution in [0.5, 0.6) is 0 Å². The summed E-state index contributed by atoms with van der Waals surface area (Å²) in [7, 11) is 0. The quantitative estimate of drug-likeness (QED) is 0.367. The number of carboxylic acid groups (broad SMARTS) is 1. The van der Waals surface area contributed by atoms with Gasteiger partial charge >= 0.3 is 5.97 Å². The summed E-state index contributed by atoms with van der Waals surface area (Å²) < 4.78 is 0. The Bertz CT molecular complexity index is 507. The molecule has 2 aliphatic carbocycles. The zero-order chi connectivity index (χ0) is 19.8. The number of rotatable bonds is 12. The van der Waals surface area contributed by atoms with E-state index in [0.29, 0.717) is 19.3 Å². The summed E-state index contributed by atoms with van der Waals surface area (Å²) in [4.78, 5) is 34.1. The molecule has 0 spiro atoms. The van der Waals surface area contributed by atoms with E-state index in [2.05, 4.69) is 5.18 Å². The van der Waals surface area contributed by atoms with Crippen LogP contribution in [0.4, 0.5) is 0 Å². The number of amides is 1. The average Bonchev–Trinajstić information content (AvgIpc) is 3.33. The smallest absolute Gasteiger partial charge is 0.309 e. The topological polar surface area (TPSA) is 104 Å². The van der Waals surface area contributed by atoms with Crippen molar-refractivity contribution in [1.29, 1.82) is 0 Å². The molecule has 1 unspecified atom stereocenters. The lowest BCUT2D eigenvalue weighted by atomic mass is 9.80. The summed E-state index contributed by atoms with van der Waals surface area (Å²) >= 11 is 0. The third-order valence-corrected chi connectivity index (χ3v) is 7.00. The van der Waals surface area contributed by atoms with Crippen LogP contribution in [0, 0.1) is 15.7 Å². The second-order valence-electron chi connectivity index (χ2n) is 8.82. The lowest BCUT2D eigenvalue weighted by molar-refractivity contribution is -0.149. The van der Waals surface area contributed by atoms with Crippen LogP contribution in [0.3, 0.4) is 0 Å². The van der Waals surface area contributed by atoms with E-state index in [0.717, 1.165) is 83.5 Å². The number of aliphatic hydroxyl groups excluding tert-OH is 1. The molecule has 2 rings (SSSR count). The van der Waals surface area contributed by atoms with Crippen molar-refractivity contribution in [3.8, 4) is 0 Å². The van der Waals surface area contributed by atoms with Gasteiger partial charge in [-0.1, -0.05) is 51.4 Å². The number of nitrogens with zero attached hydrogens (tertiary/aromatic N) is 1. The molecule has 2 N–H and O–H groups in total. The van der Waals surface area contributed by atoms with Crippen LogP contribution in [0.2, 0.25) is 0 Å². The molecule has 27 heavy (non-hydrogen) atoms. The van der Waals surface area contributed by atoms with E-state index in [9.17, 15) is 24.7 Å². The molecule has 2 saturated carbocycles. The average molecular weight is 382 g/mol. The van der Waals surface area contributed by atoms with Gasteiger partial charge in [0, 0.05) is 5.18 Å². The normalized spacial score (nSPS) is 21.8. The minimum atomic E-state index is -0.652. The molecule has 0 aromatic rings. The first-order valence-electron chi connectivity index (χ1n) is 10.7. The molecule has 6 nitrogen and oxygen atoms in total. The van der Waals surface area contributed by atoms with Gasteiger partial charge in [0.2, 0.25) is 0 Å². The van der Waals surface area contributed by atoms with Gasteiger partial charge in [-0.2, -0.15) is 0 Å². The maximum atomic E-state index is 11.9. The minimum absolute atomic E-state index is 0.367. The van der Waals surface area contributed by atoms with E-state index in [-0.39, 0.29) is 6.10 Å². The van der Waals surface area contributed by atoms with Gasteiger partial charge in [0.25, 0.3) is 5.91 Å². The van der Waals surface area contributed by atoms with Crippen LogP contribution in [-0.2, 0) is 9.59 Å². The Labute approximate surface area is 162 Å². The summed E-state index contributed by atoms with van der Waals surface area (Å²) in [6, 6.07) is 0. The third-order valence-electron chi connectivity index (χ3n) is 7.00. The highest BCUT2D eigenvalue weighted by molar-refractivity contribution is 5.83. The Morgan fingerprint density at radius 1 is 0.815 bits per heavy atom. The van der Waals surface area contributed by atoms with Crippen molar-refractivity contribution in [2.45, 2.75) is 109 Å². The fourth-order valence-electron chi connectivity index (χ4n) is 5.17. The monoisotopic (exact) mass is 381 g/mol. The molecule has 2 aliphatic rings. The molecule has 1 amide bonds. The molecule has 0 aliphatic heterocycles. The Balaban J connectivity index is 1.59. The van der Waals surface area contributed by atoms with Crippen LogP contribution < -0.4 is 0 Å². The lowest BCUT2D eigenvalue weighted by Gasteiger charge is -2.24.